The maximum Gasteiger partial charge on any atom is 0.237 e. The van der Waals surface area contributed by atoms with E-state index in [1.807, 2.05) is 0 Å². The third-order valence-corrected chi connectivity index (χ3v) is 1.64. The van der Waals surface area contributed by atoms with Gasteiger partial charge in [-0.1, -0.05) is 13.3 Å². The third-order valence-electron chi connectivity index (χ3n) is 1.64. The van der Waals surface area contributed by atoms with Crippen LogP contribution in [0.2, 0.25) is 0 Å². The summed E-state index contributed by atoms with van der Waals surface area (Å²) in [7, 11) is 0. The van der Waals surface area contributed by atoms with Crippen LogP contribution in [0.3, 0.4) is 0 Å². The lowest BCUT2D eigenvalue weighted by atomic mass is 10.3. The van der Waals surface area contributed by atoms with Crippen molar-refractivity contribution in [1.29, 1.82) is 0 Å². The van der Waals surface area contributed by atoms with Gasteiger partial charge >= 0.3 is 0 Å². The lowest BCUT2D eigenvalue weighted by molar-refractivity contribution is 0.299. The van der Waals surface area contributed by atoms with Crippen LogP contribution in [0.25, 0.3) is 0 Å². The summed E-state index contributed by atoms with van der Waals surface area (Å²) < 4.78 is 5.34. The molecule has 4 heteroatoms. The molecule has 0 aliphatic heterocycles. The first kappa shape index (κ1) is 9.64. The number of rotatable bonds is 4. The van der Waals surface area contributed by atoms with Gasteiger partial charge in [0.15, 0.2) is 0 Å². The van der Waals surface area contributed by atoms with Gasteiger partial charge in [0, 0.05) is 0 Å². The molecule has 0 bridgehead atoms. The number of nitrogens with zero attached hydrogens (tertiary/aromatic N) is 1. The van der Waals surface area contributed by atoms with Gasteiger partial charge in [-0.15, -0.1) is 0 Å². The maximum atomic E-state index is 5.64. The monoisotopic (exact) mass is 181 g/mol. The van der Waals surface area contributed by atoms with Crippen LogP contribution in [0.15, 0.2) is 12.3 Å². The van der Waals surface area contributed by atoms with E-state index >= 15 is 0 Å². The fraction of sp³-hybridized carbons (Fsp3) is 0.444. The molecule has 4 nitrogen and oxygen atoms in total. The number of hydrogen-bond acceptors (Lipinski definition) is 4. The summed E-state index contributed by atoms with van der Waals surface area (Å²) in [5.41, 5.74) is 12.2. The maximum absolute atomic E-state index is 5.64. The van der Waals surface area contributed by atoms with E-state index in [2.05, 4.69) is 11.9 Å². The predicted molar refractivity (Wildman–Crippen MR) is 53.5 cm³/mol. The summed E-state index contributed by atoms with van der Waals surface area (Å²) in [4.78, 5) is 3.98. The Morgan fingerprint density at radius 3 is 2.85 bits per heavy atom. The van der Waals surface area contributed by atoms with Crippen LogP contribution >= 0.6 is 0 Å². The van der Waals surface area contributed by atoms with Gasteiger partial charge in [0.1, 0.15) is 0 Å². The Morgan fingerprint density at radius 2 is 2.23 bits per heavy atom. The summed E-state index contributed by atoms with van der Waals surface area (Å²) in [6.45, 7) is 2.75. The van der Waals surface area contributed by atoms with E-state index in [-0.39, 0.29) is 0 Å². The summed E-state index contributed by atoms with van der Waals surface area (Å²) in [5.74, 6) is 0.475. The van der Waals surface area contributed by atoms with E-state index in [4.69, 9.17) is 16.2 Å². The van der Waals surface area contributed by atoms with E-state index in [0.29, 0.717) is 23.9 Å². The second kappa shape index (κ2) is 4.54. The van der Waals surface area contributed by atoms with Crippen molar-refractivity contribution >= 4 is 11.4 Å². The van der Waals surface area contributed by atoms with E-state index in [9.17, 15) is 0 Å². The zero-order chi connectivity index (χ0) is 9.68. The highest BCUT2D eigenvalue weighted by Gasteiger charge is 2.01. The lowest BCUT2D eigenvalue weighted by Crippen LogP contribution is -2.02. The number of anilines is 2. The van der Waals surface area contributed by atoms with Gasteiger partial charge in [0.25, 0.3) is 0 Å². The van der Waals surface area contributed by atoms with Crippen molar-refractivity contribution in [3.63, 3.8) is 0 Å². The van der Waals surface area contributed by atoms with Crippen LogP contribution in [0.5, 0.6) is 5.88 Å². The Kier molecular flexibility index (Phi) is 3.37. The predicted octanol–water partition coefficient (Wildman–Crippen LogP) is 1.42. The molecule has 0 aliphatic carbocycles. The van der Waals surface area contributed by atoms with E-state index < -0.39 is 0 Å². The molecule has 0 saturated carbocycles. The smallest absolute Gasteiger partial charge is 0.237 e. The minimum absolute atomic E-state index is 0.475. The van der Waals surface area contributed by atoms with E-state index in [0.717, 1.165) is 12.8 Å². The molecule has 0 aromatic carbocycles. The molecule has 0 atom stereocenters. The molecular formula is C9H15N3O. The quantitative estimate of drug-likeness (QED) is 0.689. The van der Waals surface area contributed by atoms with Crippen LogP contribution < -0.4 is 16.2 Å². The average molecular weight is 181 g/mol. The summed E-state index contributed by atoms with van der Waals surface area (Å²) in [6, 6.07) is 1.65. The zero-order valence-corrected chi connectivity index (χ0v) is 7.79. The van der Waals surface area contributed by atoms with Crippen LogP contribution in [0, 0.1) is 0 Å². The molecule has 0 fully saturated rings. The van der Waals surface area contributed by atoms with Crippen molar-refractivity contribution in [2.45, 2.75) is 19.8 Å². The molecule has 0 unspecified atom stereocenters. The Labute approximate surface area is 77.9 Å². The molecule has 1 aromatic rings. The standard InChI is InChI=1S/C9H15N3O/c1-2-3-4-13-9-8(11)5-7(10)6-12-9/h5-6H,2-4,10-11H2,1H3. The summed E-state index contributed by atoms with van der Waals surface area (Å²) in [5, 5.41) is 0. The Bertz CT molecular complexity index is 276. The van der Waals surface area contributed by atoms with E-state index in [1.165, 1.54) is 6.20 Å². The summed E-state index contributed by atoms with van der Waals surface area (Å²) >= 11 is 0. The number of hydrogen-bond donors (Lipinski definition) is 2. The first-order valence-corrected chi connectivity index (χ1v) is 4.38. The first-order valence-electron chi connectivity index (χ1n) is 4.38. The van der Waals surface area contributed by atoms with Crippen LogP contribution in [-0.4, -0.2) is 11.6 Å². The summed E-state index contributed by atoms with van der Waals surface area (Å²) in [6.07, 6.45) is 3.64. The second-order valence-corrected chi connectivity index (χ2v) is 2.87. The number of unbranched alkanes of at least 4 members (excludes halogenated alkanes) is 1. The molecule has 0 radical (unpaired) electrons. The van der Waals surface area contributed by atoms with Crippen LogP contribution in [0.1, 0.15) is 19.8 Å². The minimum atomic E-state index is 0.475. The van der Waals surface area contributed by atoms with Gasteiger partial charge in [0.05, 0.1) is 24.2 Å². The van der Waals surface area contributed by atoms with Gasteiger partial charge in [-0.25, -0.2) is 4.98 Å². The molecule has 0 spiro atoms. The zero-order valence-electron chi connectivity index (χ0n) is 7.79. The normalized spacial score (nSPS) is 9.92. The van der Waals surface area contributed by atoms with E-state index in [1.54, 1.807) is 6.07 Å². The number of nitrogen functional groups attached to an aromatic ring is 2. The second-order valence-electron chi connectivity index (χ2n) is 2.87. The lowest BCUT2D eigenvalue weighted by Gasteiger charge is -2.06. The molecule has 13 heavy (non-hydrogen) atoms. The van der Waals surface area contributed by atoms with Gasteiger partial charge in [-0.2, -0.15) is 0 Å². The number of nitrogens with two attached hydrogens (primary N) is 2. The fourth-order valence-electron chi connectivity index (χ4n) is 0.920. The molecular weight excluding hydrogens is 166 g/mol. The third kappa shape index (κ3) is 2.82. The fourth-order valence-corrected chi connectivity index (χ4v) is 0.920. The molecule has 1 heterocycles. The van der Waals surface area contributed by atoms with Gasteiger partial charge in [-0.3, -0.25) is 0 Å². The van der Waals surface area contributed by atoms with Crippen LogP contribution in [-0.2, 0) is 0 Å². The van der Waals surface area contributed by atoms with Gasteiger partial charge in [0.2, 0.25) is 5.88 Å². The molecule has 1 rings (SSSR count). The highest BCUT2D eigenvalue weighted by Crippen LogP contribution is 2.19. The number of aromatic nitrogens is 1. The Balaban J connectivity index is 2.56. The minimum Gasteiger partial charge on any atom is -0.476 e. The van der Waals surface area contributed by atoms with Crippen molar-refractivity contribution in [2.75, 3.05) is 18.1 Å². The van der Waals surface area contributed by atoms with Crippen molar-refractivity contribution in [3.05, 3.63) is 12.3 Å². The Morgan fingerprint density at radius 1 is 1.46 bits per heavy atom. The molecule has 0 saturated heterocycles. The molecule has 0 aliphatic rings. The van der Waals surface area contributed by atoms with Crippen molar-refractivity contribution in [2.24, 2.45) is 0 Å². The number of ether oxygens (including phenoxy) is 1. The molecule has 72 valence electrons. The van der Waals surface area contributed by atoms with Gasteiger partial charge in [-0.05, 0) is 12.5 Å². The van der Waals surface area contributed by atoms with Crippen molar-refractivity contribution < 1.29 is 4.74 Å². The molecule has 4 N–H and O–H groups in total. The Hall–Kier alpha value is -1.45. The topological polar surface area (TPSA) is 74.2 Å². The van der Waals surface area contributed by atoms with Crippen molar-refractivity contribution in [3.8, 4) is 5.88 Å². The molecule has 0 amide bonds. The van der Waals surface area contributed by atoms with Crippen LogP contribution in [0.4, 0.5) is 11.4 Å². The molecule has 1 aromatic heterocycles. The SMILES string of the molecule is CCCCOc1ncc(N)cc1N. The number of pyridine rings is 1. The highest BCUT2D eigenvalue weighted by atomic mass is 16.5. The highest BCUT2D eigenvalue weighted by molar-refractivity contribution is 5.55. The average Bonchev–Trinajstić information content (AvgIpc) is 2.09. The van der Waals surface area contributed by atoms with Gasteiger partial charge < -0.3 is 16.2 Å². The van der Waals surface area contributed by atoms with Crippen molar-refractivity contribution in [1.82, 2.24) is 4.98 Å². The largest absolute Gasteiger partial charge is 0.476 e. The first-order chi connectivity index (χ1) is 6.24.